The van der Waals surface area contributed by atoms with Gasteiger partial charge in [-0.2, -0.15) is 0 Å². The van der Waals surface area contributed by atoms with Crippen molar-refractivity contribution in [3.63, 3.8) is 0 Å². The molecule has 22 heavy (non-hydrogen) atoms. The summed E-state index contributed by atoms with van der Waals surface area (Å²) in [6, 6.07) is 27.0. The molecule has 0 saturated heterocycles. The third-order valence-electron chi connectivity index (χ3n) is 3.27. The molecule has 3 rings (SSSR count). The molecule has 0 bridgehead atoms. The second kappa shape index (κ2) is 7.10. The van der Waals surface area contributed by atoms with Crippen LogP contribution >= 0.6 is 11.8 Å². The first-order valence-electron chi connectivity index (χ1n) is 7.24. The second-order valence-corrected chi connectivity index (χ2v) is 6.17. The molecule has 0 aliphatic rings. The quantitative estimate of drug-likeness (QED) is 0.547. The summed E-state index contributed by atoms with van der Waals surface area (Å²) >= 11 is 1.74. The largest absolute Gasteiger partial charge is 0.255 e. The van der Waals surface area contributed by atoms with Crippen LogP contribution in [-0.2, 0) is 0 Å². The summed E-state index contributed by atoms with van der Waals surface area (Å²) in [5.74, 6) is 0. The van der Waals surface area contributed by atoms with Crippen LogP contribution in [0.3, 0.4) is 0 Å². The number of benzene rings is 3. The van der Waals surface area contributed by atoms with Gasteiger partial charge in [0.25, 0.3) is 0 Å². The van der Waals surface area contributed by atoms with E-state index >= 15 is 0 Å². The van der Waals surface area contributed by atoms with E-state index in [1.165, 1.54) is 15.4 Å². The number of hydrogen-bond acceptors (Lipinski definition) is 2. The van der Waals surface area contributed by atoms with Crippen LogP contribution in [0.25, 0.3) is 0 Å². The molecule has 3 aromatic rings. The maximum atomic E-state index is 4.64. The highest BCUT2D eigenvalue weighted by Crippen LogP contribution is 2.34. The van der Waals surface area contributed by atoms with Gasteiger partial charge in [0.15, 0.2) is 0 Å². The number of rotatable bonds is 4. The lowest BCUT2D eigenvalue weighted by Gasteiger charge is -2.05. The third-order valence-corrected chi connectivity index (χ3v) is 4.34. The monoisotopic (exact) mass is 303 g/mol. The SMILES string of the molecule is Cc1ccc(Sc2ccccc2N=Cc2ccccc2)cc1. The smallest absolute Gasteiger partial charge is 0.0769 e. The molecular weight excluding hydrogens is 286 g/mol. The van der Waals surface area contributed by atoms with Gasteiger partial charge in [0.1, 0.15) is 0 Å². The number of para-hydroxylation sites is 1. The molecule has 0 aliphatic heterocycles. The maximum absolute atomic E-state index is 4.64. The first kappa shape index (κ1) is 14.6. The predicted molar refractivity (Wildman–Crippen MR) is 95.4 cm³/mol. The molecule has 1 nitrogen and oxygen atoms in total. The molecule has 0 radical (unpaired) electrons. The lowest BCUT2D eigenvalue weighted by Crippen LogP contribution is -1.80. The Morgan fingerprint density at radius 1 is 0.773 bits per heavy atom. The fraction of sp³-hybridized carbons (Fsp3) is 0.0500. The van der Waals surface area contributed by atoms with Crippen molar-refractivity contribution < 1.29 is 0 Å². The molecule has 0 aromatic heterocycles. The van der Waals surface area contributed by atoms with Crippen molar-refractivity contribution in [1.29, 1.82) is 0 Å². The van der Waals surface area contributed by atoms with Crippen LogP contribution in [0.5, 0.6) is 0 Å². The summed E-state index contributed by atoms with van der Waals surface area (Å²) in [5, 5.41) is 0. The lowest BCUT2D eigenvalue weighted by molar-refractivity contribution is 1.34. The van der Waals surface area contributed by atoms with E-state index in [4.69, 9.17) is 0 Å². The highest BCUT2D eigenvalue weighted by Gasteiger charge is 2.02. The van der Waals surface area contributed by atoms with E-state index in [0.29, 0.717) is 0 Å². The Kier molecular flexibility index (Phi) is 4.71. The highest BCUT2D eigenvalue weighted by molar-refractivity contribution is 7.99. The fourth-order valence-corrected chi connectivity index (χ4v) is 2.96. The summed E-state index contributed by atoms with van der Waals surface area (Å²) in [6.07, 6.45) is 1.91. The van der Waals surface area contributed by atoms with E-state index in [-0.39, 0.29) is 0 Å². The average Bonchev–Trinajstić information content (AvgIpc) is 2.57. The zero-order valence-corrected chi connectivity index (χ0v) is 13.3. The van der Waals surface area contributed by atoms with Crippen molar-refractivity contribution in [2.75, 3.05) is 0 Å². The summed E-state index contributed by atoms with van der Waals surface area (Å²) < 4.78 is 0. The molecular formula is C20H17NS. The minimum atomic E-state index is 0.997. The molecule has 0 heterocycles. The van der Waals surface area contributed by atoms with Crippen LogP contribution in [0, 0.1) is 6.92 Å². The molecule has 0 unspecified atom stereocenters. The second-order valence-electron chi connectivity index (χ2n) is 5.05. The van der Waals surface area contributed by atoms with E-state index in [2.05, 4.69) is 66.5 Å². The first-order chi connectivity index (χ1) is 10.8. The third kappa shape index (κ3) is 3.86. The van der Waals surface area contributed by atoms with Gasteiger partial charge in [0, 0.05) is 16.0 Å². The normalized spacial score (nSPS) is 11.0. The summed E-state index contributed by atoms with van der Waals surface area (Å²) in [7, 11) is 0. The van der Waals surface area contributed by atoms with Gasteiger partial charge in [-0.05, 0) is 36.8 Å². The number of aryl methyl sites for hydroxylation is 1. The Morgan fingerprint density at radius 3 is 2.23 bits per heavy atom. The van der Waals surface area contributed by atoms with Gasteiger partial charge >= 0.3 is 0 Å². The Morgan fingerprint density at radius 2 is 1.45 bits per heavy atom. The van der Waals surface area contributed by atoms with Crippen LogP contribution in [0.15, 0.2) is 93.6 Å². The number of aliphatic imine (C=N–C) groups is 1. The van der Waals surface area contributed by atoms with Gasteiger partial charge in [-0.1, -0.05) is 71.9 Å². The predicted octanol–water partition coefficient (Wildman–Crippen LogP) is 5.90. The molecule has 0 aliphatic carbocycles. The van der Waals surface area contributed by atoms with Gasteiger partial charge in [0.05, 0.1) is 5.69 Å². The number of nitrogens with zero attached hydrogens (tertiary/aromatic N) is 1. The van der Waals surface area contributed by atoms with Crippen molar-refractivity contribution in [2.45, 2.75) is 16.7 Å². The molecule has 0 spiro atoms. The van der Waals surface area contributed by atoms with Crippen molar-refractivity contribution in [3.8, 4) is 0 Å². The summed E-state index contributed by atoms with van der Waals surface area (Å²) in [4.78, 5) is 7.04. The average molecular weight is 303 g/mol. The van der Waals surface area contributed by atoms with E-state index in [0.717, 1.165) is 11.3 Å². The van der Waals surface area contributed by atoms with Gasteiger partial charge in [-0.15, -0.1) is 0 Å². The van der Waals surface area contributed by atoms with Crippen molar-refractivity contribution in [2.24, 2.45) is 4.99 Å². The lowest BCUT2D eigenvalue weighted by atomic mass is 10.2. The zero-order chi connectivity index (χ0) is 15.2. The van der Waals surface area contributed by atoms with Crippen molar-refractivity contribution in [3.05, 3.63) is 90.0 Å². The molecule has 0 amide bonds. The van der Waals surface area contributed by atoms with Gasteiger partial charge < -0.3 is 0 Å². The van der Waals surface area contributed by atoms with Gasteiger partial charge in [0.2, 0.25) is 0 Å². The van der Waals surface area contributed by atoms with E-state index < -0.39 is 0 Å². The Labute approximate surface area is 135 Å². The Balaban J connectivity index is 1.83. The summed E-state index contributed by atoms with van der Waals surface area (Å²) in [6.45, 7) is 2.10. The van der Waals surface area contributed by atoms with E-state index in [9.17, 15) is 0 Å². The van der Waals surface area contributed by atoms with E-state index in [1.807, 2.05) is 30.5 Å². The fourth-order valence-electron chi connectivity index (χ4n) is 2.07. The summed E-state index contributed by atoms with van der Waals surface area (Å²) in [5.41, 5.74) is 3.38. The Hall–Kier alpha value is -2.32. The molecule has 3 aromatic carbocycles. The molecule has 2 heteroatoms. The minimum absolute atomic E-state index is 0.997. The topological polar surface area (TPSA) is 12.4 Å². The zero-order valence-electron chi connectivity index (χ0n) is 12.4. The van der Waals surface area contributed by atoms with Crippen molar-refractivity contribution >= 4 is 23.7 Å². The van der Waals surface area contributed by atoms with Crippen LogP contribution in [0.2, 0.25) is 0 Å². The van der Waals surface area contributed by atoms with Crippen LogP contribution in [-0.4, -0.2) is 6.21 Å². The first-order valence-corrected chi connectivity index (χ1v) is 8.05. The molecule has 0 saturated carbocycles. The molecule has 0 atom stereocenters. The van der Waals surface area contributed by atoms with Crippen molar-refractivity contribution in [1.82, 2.24) is 0 Å². The van der Waals surface area contributed by atoms with E-state index in [1.54, 1.807) is 11.8 Å². The molecule has 0 fully saturated rings. The number of hydrogen-bond donors (Lipinski definition) is 0. The standard InChI is InChI=1S/C20H17NS/c1-16-11-13-18(14-12-16)22-20-10-6-5-9-19(20)21-15-17-7-3-2-4-8-17/h2-15H,1H3. The molecule has 108 valence electrons. The van der Waals surface area contributed by atoms with Crippen LogP contribution < -0.4 is 0 Å². The van der Waals surface area contributed by atoms with Gasteiger partial charge in [-0.25, -0.2) is 0 Å². The van der Waals surface area contributed by atoms with Crippen LogP contribution in [0.1, 0.15) is 11.1 Å². The van der Waals surface area contributed by atoms with Gasteiger partial charge in [-0.3, -0.25) is 4.99 Å². The maximum Gasteiger partial charge on any atom is 0.0769 e. The molecule has 0 N–H and O–H groups in total. The highest BCUT2D eigenvalue weighted by atomic mass is 32.2. The Bertz CT molecular complexity index is 761. The minimum Gasteiger partial charge on any atom is -0.255 e. The van der Waals surface area contributed by atoms with Crippen LogP contribution in [0.4, 0.5) is 5.69 Å².